The van der Waals surface area contributed by atoms with Crippen molar-refractivity contribution in [3.05, 3.63) is 41.0 Å². The molecule has 158 valence electrons. The molecule has 1 unspecified atom stereocenters. The fraction of sp³-hybridized carbons (Fsp3) is 0.522. The van der Waals surface area contributed by atoms with Crippen molar-refractivity contribution in [1.82, 2.24) is 0 Å². The molecule has 0 saturated heterocycles. The van der Waals surface area contributed by atoms with Crippen LogP contribution in [0.3, 0.4) is 0 Å². The molecule has 2 rings (SSSR count). The average Bonchev–Trinajstić information content (AvgIpc) is 3.07. The molecule has 0 bridgehead atoms. The first-order valence-electron chi connectivity index (χ1n) is 10.1. The Kier molecular flexibility index (Phi) is 7.59. The molecule has 0 aromatic heterocycles. The summed E-state index contributed by atoms with van der Waals surface area (Å²) in [5.74, 6) is -1.38. The van der Waals surface area contributed by atoms with Crippen LogP contribution in [-0.4, -0.2) is 37.7 Å². The van der Waals surface area contributed by atoms with Gasteiger partial charge >= 0.3 is 17.9 Å². The first-order chi connectivity index (χ1) is 13.8. The number of esters is 3. The number of rotatable bonds is 7. The van der Waals surface area contributed by atoms with Crippen LogP contribution in [0.25, 0.3) is 5.57 Å². The Balaban J connectivity index is 2.37. The molecular weight excluding hydrogens is 372 g/mol. The highest BCUT2D eigenvalue weighted by Gasteiger charge is 2.55. The van der Waals surface area contributed by atoms with E-state index >= 15 is 0 Å². The number of benzene rings is 1. The van der Waals surface area contributed by atoms with E-state index in [0.29, 0.717) is 18.6 Å². The van der Waals surface area contributed by atoms with Crippen molar-refractivity contribution < 1.29 is 28.6 Å². The largest absolute Gasteiger partial charge is 0.465 e. The molecule has 0 spiro atoms. The molecule has 0 aliphatic heterocycles. The molecular formula is C23H30O6. The predicted octanol–water partition coefficient (Wildman–Crippen LogP) is 4.18. The van der Waals surface area contributed by atoms with E-state index in [0.717, 1.165) is 16.7 Å². The van der Waals surface area contributed by atoms with Crippen molar-refractivity contribution in [3.63, 3.8) is 0 Å². The summed E-state index contributed by atoms with van der Waals surface area (Å²) < 4.78 is 15.5. The maximum Gasteiger partial charge on any atom is 0.338 e. The van der Waals surface area contributed by atoms with Crippen LogP contribution in [0.5, 0.6) is 0 Å². The molecule has 1 aromatic carbocycles. The van der Waals surface area contributed by atoms with E-state index < -0.39 is 17.4 Å². The Morgan fingerprint density at radius 1 is 0.897 bits per heavy atom. The molecule has 1 aliphatic rings. The van der Waals surface area contributed by atoms with Gasteiger partial charge in [0.15, 0.2) is 5.41 Å². The Hall–Kier alpha value is -2.63. The highest BCUT2D eigenvalue weighted by molar-refractivity contribution is 6.01. The van der Waals surface area contributed by atoms with Gasteiger partial charge < -0.3 is 14.2 Å². The van der Waals surface area contributed by atoms with Gasteiger partial charge in [-0.1, -0.05) is 24.6 Å². The van der Waals surface area contributed by atoms with Gasteiger partial charge in [-0.3, -0.25) is 9.59 Å². The second-order valence-corrected chi connectivity index (χ2v) is 7.25. The lowest BCUT2D eigenvalue weighted by Gasteiger charge is -2.24. The van der Waals surface area contributed by atoms with Crippen LogP contribution >= 0.6 is 0 Å². The molecule has 1 saturated carbocycles. The second-order valence-electron chi connectivity index (χ2n) is 7.25. The third kappa shape index (κ3) is 4.69. The Bertz CT molecular complexity index is 772. The van der Waals surface area contributed by atoms with Crippen molar-refractivity contribution in [1.29, 1.82) is 0 Å². The van der Waals surface area contributed by atoms with Gasteiger partial charge in [0, 0.05) is 0 Å². The molecule has 29 heavy (non-hydrogen) atoms. The zero-order valence-corrected chi connectivity index (χ0v) is 17.9. The summed E-state index contributed by atoms with van der Waals surface area (Å²) in [6, 6.07) is 7.16. The molecule has 0 amide bonds. The van der Waals surface area contributed by atoms with Crippen LogP contribution < -0.4 is 0 Å². The molecule has 1 atom stereocenters. The number of hydrogen-bond donors (Lipinski definition) is 0. The number of allylic oxidation sites excluding steroid dienone is 2. The summed E-state index contributed by atoms with van der Waals surface area (Å²) in [7, 11) is 0. The zero-order valence-electron chi connectivity index (χ0n) is 17.9. The summed E-state index contributed by atoms with van der Waals surface area (Å²) in [6.45, 7) is 9.93. The monoisotopic (exact) mass is 402 g/mol. The number of ether oxygens (including phenoxy) is 3. The van der Waals surface area contributed by atoms with Crippen LogP contribution in [0.4, 0.5) is 0 Å². The smallest absolute Gasteiger partial charge is 0.338 e. The van der Waals surface area contributed by atoms with E-state index in [1.54, 1.807) is 32.9 Å². The van der Waals surface area contributed by atoms with Gasteiger partial charge in [0.1, 0.15) is 0 Å². The fourth-order valence-electron chi connectivity index (χ4n) is 3.91. The standard InChI is InChI=1S/C23H30O6/c1-6-27-20(24)18-11-9-17(10-12-18)16(5)19-14-23(13-15(19)4,21(25)28-7-2)22(26)29-8-3/h9-12,15H,6-8,13-14H2,1-5H3/b19-16+. The minimum atomic E-state index is -1.30. The molecule has 6 nitrogen and oxygen atoms in total. The minimum Gasteiger partial charge on any atom is -0.465 e. The first-order valence-corrected chi connectivity index (χ1v) is 10.1. The third-order valence-corrected chi connectivity index (χ3v) is 5.38. The molecule has 1 aromatic rings. The van der Waals surface area contributed by atoms with Gasteiger partial charge in [0.05, 0.1) is 25.4 Å². The second kappa shape index (κ2) is 9.72. The van der Waals surface area contributed by atoms with Gasteiger partial charge in [-0.2, -0.15) is 0 Å². The molecule has 0 heterocycles. The number of carbonyl (C=O) groups is 3. The topological polar surface area (TPSA) is 78.9 Å². The van der Waals surface area contributed by atoms with Gasteiger partial charge in [0.2, 0.25) is 0 Å². The van der Waals surface area contributed by atoms with Crippen LogP contribution in [0, 0.1) is 11.3 Å². The highest BCUT2D eigenvalue weighted by atomic mass is 16.6. The van der Waals surface area contributed by atoms with Crippen LogP contribution in [-0.2, 0) is 23.8 Å². The highest BCUT2D eigenvalue weighted by Crippen LogP contribution is 2.49. The molecule has 0 radical (unpaired) electrons. The van der Waals surface area contributed by atoms with Crippen molar-refractivity contribution >= 4 is 23.5 Å². The summed E-state index contributed by atoms with van der Waals surface area (Å²) >= 11 is 0. The van der Waals surface area contributed by atoms with Crippen molar-refractivity contribution in [2.24, 2.45) is 11.3 Å². The van der Waals surface area contributed by atoms with Crippen molar-refractivity contribution in [3.8, 4) is 0 Å². The fourth-order valence-corrected chi connectivity index (χ4v) is 3.91. The molecule has 1 aliphatic carbocycles. The van der Waals surface area contributed by atoms with E-state index in [4.69, 9.17) is 14.2 Å². The van der Waals surface area contributed by atoms with E-state index in [1.807, 2.05) is 26.0 Å². The van der Waals surface area contributed by atoms with Crippen LogP contribution in [0.2, 0.25) is 0 Å². The van der Waals surface area contributed by atoms with Crippen LogP contribution in [0.1, 0.15) is 63.4 Å². The predicted molar refractivity (Wildman–Crippen MR) is 109 cm³/mol. The quantitative estimate of drug-likeness (QED) is 0.387. The van der Waals surface area contributed by atoms with Crippen molar-refractivity contribution in [2.75, 3.05) is 19.8 Å². The van der Waals surface area contributed by atoms with Gasteiger partial charge in [-0.15, -0.1) is 0 Å². The normalized spacial score (nSPS) is 19.4. The van der Waals surface area contributed by atoms with E-state index in [-0.39, 0.29) is 31.5 Å². The zero-order chi connectivity index (χ0) is 21.6. The summed E-state index contributed by atoms with van der Waals surface area (Å²) in [4.78, 5) is 37.3. The van der Waals surface area contributed by atoms with Gasteiger partial charge in [0.25, 0.3) is 0 Å². The summed E-state index contributed by atoms with van der Waals surface area (Å²) in [5.41, 5.74) is 2.13. The number of carbonyl (C=O) groups excluding carboxylic acids is 3. The maximum atomic E-state index is 12.7. The lowest BCUT2D eigenvalue weighted by Crippen LogP contribution is -2.40. The van der Waals surface area contributed by atoms with Gasteiger partial charge in [-0.25, -0.2) is 4.79 Å². The Morgan fingerprint density at radius 3 is 1.86 bits per heavy atom. The number of hydrogen-bond acceptors (Lipinski definition) is 6. The molecule has 1 fully saturated rings. The summed E-state index contributed by atoms with van der Waals surface area (Å²) in [6.07, 6.45) is 0.634. The maximum absolute atomic E-state index is 12.7. The molecule has 0 N–H and O–H groups in total. The SMILES string of the molecule is CCOC(=O)c1ccc(/C(C)=C2\CC(C(=O)OCC)(C(=O)OCC)CC2C)cc1. The third-order valence-electron chi connectivity index (χ3n) is 5.38. The lowest BCUT2D eigenvalue weighted by atomic mass is 9.85. The van der Waals surface area contributed by atoms with E-state index in [2.05, 4.69) is 0 Å². The average molecular weight is 402 g/mol. The minimum absolute atomic E-state index is 0.0218. The van der Waals surface area contributed by atoms with Crippen molar-refractivity contribution in [2.45, 2.75) is 47.5 Å². The summed E-state index contributed by atoms with van der Waals surface area (Å²) in [5, 5.41) is 0. The first kappa shape index (κ1) is 22.7. The van der Waals surface area contributed by atoms with Crippen LogP contribution in [0.15, 0.2) is 29.8 Å². The van der Waals surface area contributed by atoms with E-state index in [9.17, 15) is 14.4 Å². The lowest BCUT2D eigenvalue weighted by molar-refractivity contribution is -0.171. The van der Waals surface area contributed by atoms with Gasteiger partial charge in [-0.05, 0) is 69.7 Å². The Morgan fingerprint density at radius 2 is 1.38 bits per heavy atom. The Labute approximate surface area is 172 Å². The molecule has 6 heteroatoms. The van der Waals surface area contributed by atoms with E-state index in [1.165, 1.54) is 0 Å².